The first kappa shape index (κ1) is 12.5. The fourth-order valence-corrected chi connectivity index (χ4v) is 2.55. The van der Waals surface area contributed by atoms with Gasteiger partial charge in [-0.25, -0.2) is 0 Å². The predicted molar refractivity (Wildman–Crippen MR) is 61.0 cm³/mol. The Balaban J connectivity index is 2.84. The average Bonchev–Trinajstić information content (AvgIpc) is 2.27. The van der Waals surface area contributed by atoms with Crippen molar-refractivity contribution in [1.29, 1.82) is 0 Å². The normalized spacial score (nSPS) is 22.7. The van der Waals surface area contributed by atoms with Crippen molar-refractivity contribution in [3.63, 3.8) is 0 Å². The lowest BCUT2D eigenvalue weighted by Gasteiger charge is -2.44. The molecule has 88 valence electrons. The molecule has 0 aromatic heterocycles. The molecule has 0 heterocycles. The van der Waals surface area contributed by atoms with Crippen LogP contribution in [-0.4, -0.2) is 34.6 Å². The average molecular weight is 213 g/mol. The number of rotatable bonds is 4. The summed E-state index contributed by atoms with van der Waals surface area (Å²) in [6.07, 6.45) is 5.90. The molecule has 0 aromatic carbocycles. The molecule has 1 fully saturated rings. The van der Waals surface area contributed by atoms with Crippen LogP contribution < -0.4 is 0 Å². The molecule has 1 N–H and O–H groups in total. The maximum Gasteiger partial charge on any atom is 0.324 e. The third kappa shape index (κ3) is 2.33. The van der Waals surface area contributed by atoms with E-state index >= 15 is 0 Å². The second-order valence-electron chi connectivity index (χ2n) is 4.77. The van der Waals surface area contributed by atoms with Gasteiger partial charge in [0.15, 0.2) is 0 Å². The smallest absolute Gasteiger partial charge is 0.324 e. The lowest BCUT2D eigenvalue weighted by molar-refractivity contribution is -0.155. The zero-order chi connectivity index (χ0) is 11.5. The van der Waals surface area contributed by atoms with Gasteiger partial charge in [0.1, 0.15) is 5.54 Å². The number of hydrogen-bond acceptors (Lipinski definition) is 2. The van der Waals surface area contributed by atoms with Gasteiger partial charge in [0, 0.05) is 6.04 Å². The molecule has 1 aliphatic rings. The maximum absolute atomic E-state index is 11.5. The second kappa shape index (κ2) is 4.97. The first-order valence-corrected chi connectivity index (χ1v) is 6.01. The van der Waals surface area contributed by atoms with Crippen molar-refractivity contribution in [2.75, 3.05) is 7.05 Å². The minimum atomic E-state index is -0.634. The van der Waals surface area contributed by atoms with E-state index in [-0.39, 0.29) is 0 Å². The molecule has 0 radical (unpaired) electrons. The van der Waals surface area contributed by atoms with E-state index in [1.165, 1.54) is 6.42 Å². The molecule has 1 saturated carbocycles. The molecule has 3 nitrogen and oxygen atoms in total. The highest BCUT2D eigenvalue weighted by Crippen LogP contribution is 2.34. The van der Waals surface area contributed by atoms with Crippen LogP contribution in [0, 0.1) is 0 Å². The summed E-state index contributed by atoms with van der Waals surface area (Å²) in [7, 11) is 1.97. The van der Waals surface area contributed by atoms with Crippen molar-refractivity contribution in [3.8, 4) is 0 Å². The van der Waals surface area contributed by atoms with Crippen LogP contribution in [-0.2, 0) is 4.79 Å². The van der Waals surface area contributed by atoms with Gasteiger partial charge in [-0.3, -0.25) is 9.69 Å². The zero-order valence-electron chi connectivity index (χ0n) is 10.1. The number of carboxylic acids is 1. The monoisotopic (exact) mass is 213 g/mol. The Kier molecular flexibility index (Phi) is 4.14. The van der Waals surface area contributed by atoms with Crippen molar-refractivity contribution in [1.82, 2.24) is 4.90 Å². The van der Waals surface area contributed by atoms with Crippen molar-refractivity contribution in [2.45, 2.75) is 64.0 Å². The van der Waals surface area contributed by atoms with Gasteiger partial charge >= 0.3 is 5.97 Å². The Morgan fingerprint density at radius 1 is 1.40 bits per heavy atom. The summed E-state index contributed by atoms with van der Waals surface area (Å²) in [6.45, 7) is 4.22. The van der Waals surface area contributed by atoms with Crippen LogP contribution >= 0.6 is 0 Å². The van der Waals surface area contributed by atoms with E-state index in [1.54, 1.807) is 0 Å². The highest BCUT2D eigenvalue weighted by atomic mass is 16.4. The summed E-state index contributed by atoms with van der Waals surface area (Å²) in [5.41, 5.74) is -0.590. The lowest BCUT2D eigenvalue weighted by Crippen LogP contribution is -2.56. The van der Waals surface area contributed by atoms with E-state index in [4.69, 9.17) is 0 Å². The lowest BCUT2D eigenvalue weighted by atomic mass is 9.79. The van der Waals surface area contributed by atoms with Gasteiger partial charge in [0.05, 0.1) is 0 Å². The topological polar surface area (TPSA) is 40.5 Å². The largest absolute Gasteiger partial charge is 0.480 e. The molecule has 1 aliphatic carbocycles. The molecule has 0 aromatic rings. The van der Waals surface area contributed by atoms with Gasteiger partial charge < -0.3 is 5.11 Å². The summed E-state index contributed by atoms with van der Waals surface area (Å²) < 4.78 is 0. The minimum absolute atomic E-state index is 0.346. The molecule has 0 saturated heterocycles. The van der Waals surface area contributed by atoms with Gasteiger partial charge in [-0.1, -0.05) is 26.2 Å². The van der Waals surface area contributed by atoms with Gasteiger partial charge in [0.2, 0.25) is 0 Å². The van der Waals surface area contributed by atoms with E-state index in [9.17, 15) is 9.90 Å². The van der Waals surface area contributed by atoms with Crippen molar-refractivity contribution >= 4 is 5.97 Å². The van der Waals surface area contributed by atoms with Crippen molar-refractivity contribution in [3.05, 3.63) is 0 Å². The van der Waals surface area contributed by atoms with E-state index in [1.807, 2.05) is 7.05 Å². The summed E-state index contributed by atoms with van der Waals surface area (Å²) >= 11 is 0. The van der Waals surface area contributed by atoms with Crippen LogP contribution in [0.3, 0.4) is 0 Å². The SMILES string of the molecule is CCC(C)N(C)C1(C(=O)O)CCCCC1. The first-order chi connectivity index (χ1) is 7.04. The van der Waals surface area contributed by atoms with Crippen molar-refractivity contribution in [2.24, 2.45) is 0 Å². The summed E-state index contributed by atoms with van der Waals surface area (Å²) in [6, 6.07) is 0.346. The Hall–Kier alpha value is -0.570. The van der Waals surface area contributed by atoms with E-state index in [0.29, 0.717) is 6.04 Å². The fraction of sp³-hybridized carbons (Fsp3) is 0.917. The Bertz CT molecular complexity index is 222. The second-order valence-corrected chi connectivity index (χ2v) is 4.77. The fourth-order valence-electron chi connectivity index (χ4n) is 2.55. The molecule has 0 bridgehead atoms. The molecule has 0 spiro atoms. The molecule has 0 aliphatic heterocycles. The molecule has 3 heteroatoms. The number of carboxylic acid groups (broad SMARTS) is 1. The van der Waals surface area contributed by atoms with E-state index in [2.05, 4.69) is 18.7 Å². The first-order valence-electron chi connectivity index (χ1n) is 6.01. The molecular weight excluding hydrogens is 190 g/mol. The molecule has 15 heavy (non-hydrogen) atoms. The number of aliphatic carboxylic acids is 1. The summed E-state index contributed by atoms with van der Waals surface area (Å²) in [4.78, 5) is 13.6. The molecular formula is C12H23NO2. The Labute approximate surface area is 92.5 Å². The van der Waals surface area contributed by atoms with Crippen LogP contribution in [0.5, 0.6) is 0 Å². The van der Waals surface area contributed by atoms with E-state index < -0.39 is 11.5 Å². The van der Waals surface area contributed by atoms with Gasteiger partial charge in [-0.2, -0.15) is 0 Å². The van der Waals surface area contributed by atoms with Crippen LogP contribution in [0.1, 0.15) is 52.4 Å². The van der Waals surface area contributed by atoms with Crippen LogP contribution in [0.15, 0.2) is 0 Å². The number of likely N-dealkylation sites (N-methyl/N-ethyl adjacent to an activating group) is 1. The molecule has 0 amide bonds. The molecule has 1 unspecified atom stereocenters. The number of carbonyl (C=O) groups is 1. The molecule has 1 rings (SSSR count). The quantitative estimate of drug-likeness (QED) is 0.780. The number of nitrogens with zero attached hydrogens (tertiary/aromatic N) is 1. The summed E-state index contributed by atoms with van der Waals surface area (Å²) in [5.74, 6) is -0.634. The van der Waals surface area contributed by atoms with Gasteiger partial charge in [0.25, 0.3) is 0 Å². The zero-order valence-corrected chi connectivity index (χ0v) is 10.1. The standard InChI is InChI=1S/C12H23NO2/c1-4-10(2)13(3)12(11(14)15)8-6-5-7-9-12/h10H,4-9H2,1-3H3,(H,14,15). The van der Waals surface area contributed by atoms with Crippen molar-refractivity contribution < 1.29 is 9.90 Å². The number of hydrogen-bond donors (Lipinski definition) is 1. The van der Waals surface area contributed by atoms with E-state index in [0.717, 1.165) is 32.1 Å². The maximum atomic E-state index is 11.5. The minimum Gasteiger partial charge on any atom is -0.480 e. The Morgan fingerprint density at radius 2 is 1.93 bits per heavy atom. The third-order valence-electron chi connectivity index (χ3n) is 4.01. The highest BCUT2D eigenvalue weighted by Gasteiger charge is 2.44. The summed E-state index contributed by atoms with van der Waals surface area (Å²) in [5, 5.41) is 9.46. The van der Waals surface area contributed by atoms with Gasteiger partial charge in [-0.05, 0) is 33.2 Å². The third-order valence-corrected chi connectivity index (χ3v) is 4.01. The van der Waals surface area contributed by atoms with Crippen LogP contribution in [0.4, 0.5) is 0 Å². The van der Waals surface area contributed by atoms with Gasteiger partial charge in [-0.15, -0.1) is 0 Å². The van der Waals surface area contributed by atoms with Crippen LogP contribution in [0.2, 0.25) is 0 Å². The predicted octanol–water partition coefficient (Wildman–Crippen LogP) is 2.50. The molecule has 1 atom stereocenters. The Morgan fingerprint density at radius 3 is 2.33 bits per heavy atom. The highest BCUT2D eigenvalue weighted by molar-refractivity contribution is 5.79. The van der Waals surface area contributed by atoms with Crippen LogP contribution in [0.25, 0.3) is 0 Å².